The lowest BCUT2D eigenvalue weighted by Crippen LogP contribution is -2.54. The normalized spacial score (nSPS) is 14.1. The molecule has 41 heavy (non-hydrogen) atoms. The molecule has 0 radical (unpaired) electrons. The Labute approximate surface area is 237 Å². The number of carbonyl (C=O) groups is 4. The van der Waals surface area contributed by atoms with Gasteiger partial charge in [-0.05, 0) is 73.9 Å². The van der Waals surface area contributed by atoms with Crippen molar-refractivity contribution in [2.45, 2.75) is 27.2 Å². The van der Waals surface area contributed by atoms with Crippen molar-refractivity contribution >= 4 is 41.2 Å². The van der Waals surface area contributed by atoms with Crippen molar-refractivity contribution in [1.29, 1.82) is 0 Å². The first-order valence-electron chi connectivity index (χ1n) is 13.2. The Balaban J connectivity index is 1.46. The van der Waals surface area contributed by atoms with Gasteiger partial charge < -0.3 is 19.5 Å². The summed E-state index contributed by atoms with van der Waals surface area (Å²) in [6, 6.07) is 17.8. The Hall–Kier alpha value is -5.12. The molecule has 2 N–H and O–H groups in total. The van der Waals surface area contributed by atoms with E-state index < -0.39 is 17.8 Å². The van der Waals surface area contributed by atoms with Gasteiger partial charge in [-0.2, -0.15) is 0 Å². The Morgan fingerprint density at radius 1 is 0.927 bits per heavy atom. The van der Waals surface area contributed by atoms with Gasteiger partial charge in [0.2, 0.25) is 0 Å². The van der Waals surface area contributed by atoms with E-state index in [4.69, 9.17) is 14.2 Å². The number of imide groups is 2. The van der Waals surface area contributed by atoms with Gasteiger partial charge in [0.05, 0.1) is 18.9 Å². The molecule has 1 aliphatic heterocycles. The van der Waals surface area contributed by atoms with Crippen LogP contribution in [0.15, 0.2) is 72.3 Å². The van der Waals surface area contributed by atoms with Crippen LogP contribution in [0.1, 0.15) is 31.4 Å². The van der Waals surface area contributed by atoms with Crippen molar-refractivity contribution < 1.29 is 33.4 Å². The van der Waals surface area contributed by atoms with Gasteiger partial charge in [0.15, 0.2) is 18.1 Å². The van der Waals surface area contributed by atoms with E-state index in [1.165, 1.54) is 12.1 Å². The number of nitrogens with zero attached hydrogens (tertiary/aromatic N) is 1. The quantitative estimate of drug-likeness (QED) is 0.255. The smallest absolute Gasteiger partial charge is 0.335 e. The third-order valence-electron chi connectivity index (χ3n) is 5.91. The van der Waals surface area contributed by atoms with Crippen LogP contribution in [0.4, 0.5) is 16.2 Å². The molecule has 4 rings (SSSR count). The minimum absolute atomic E-state index is 0.196. The third-order valence-corrected chi connectivity index (χ3v) is 5.91. The van der Waals surface area contributed by atoms with Crippen molar-refractivity contribution in [3.8, 4) is 17.2 Å². The number of urea groups is 1. The molecule has 1 fully saturated rings. The van der Waals surface area contributed by atoms with E-state index >= 15 is 0 Å². The molecule has 0 spiro atoms. The summed E-state index contributed by atoms with van der Waals surface area (Å²) in [6.07, 6.45) is 2.18. The molecule has 10 heteroatoms. The highest BCUT2D eigenvalue weighted by Crippen LogP contribution is 2.34. The maximum absolute atomic E-state index is 13.3. The van der Waals surface area contributed by atoms with E-state index in [1.54, 1.807) is 42.5 Å². The van der Waals surface area contributed by atoms with E-state index in [0.29, 0.717) is 41.7 Å². The van der Waals surface area contributed by atoms with Crippen LogP contribution in [0, 0.1) is 6.92 Å². The number of hydrogen-bond donors (Lipinski definition) is 2. The zero-order valence-electron chi connectivity index (χ0n) is 23.1. The number of benzene rings is 3. The predicted octanol–water partition coefficient (Wildman–Crippen LogP) is 4.87. The lowest BCUT2D eigenvalue weighted by molar-refractivity contribution is -0.122. The van der Waals surface area contributed by atoms with E-state index in [2.05, 4.69) is 10.6 Å². The molecule has 1 heterocycles. The van der Waals surface area contributed by atoms with Crippen molar-refractivity contribution in [2.24, 2.45) is 0 Å². The fourth-order valence-electron chi connectivity index (χ4n) is 4.02. The van der Waals surface area contributed by atoms with Crippen LogP contribution >= 0.6 is 0 Å². The maximum atomic E-state index is 13.3. The van der Waals surface area contributed by atoms with Crippen LogP contribution in [-0.2, 0) is 14.4 Å². The van der Waals surface area contributed by atoms with Crippen LogP contribution in [-0.4, -0.2) is 43.6 Å². The van der Waals surface area contributed by atoms with Crippen LogP contribution in [0.3, 0.4) is 0 Å². The third kappa shape index (κ3) is 7.30. The minimum atomic E-state index is -0.866. The number of barbiturate groups is 1. The molecule has 0 bridgehead atoms. The van der Waals surface area contributed by atoms with Crippen molar-refractivity contribution in [1.82, 2.24) is 5.32 Å². The van der Waals surface area contributed by atoms with Gasteiger partial charge in [-0.1, -0.05) is 31.2 Å². The molecule has 5 amide bonds. The summed E-state index contributed by atoms with van der Waals surface area (Å²) in [7, 11) is 0. The van der Waals surface area contributed by atoms with Crippen LogP contribution < -0.4 is 29.7 Å². The van der Waals surface area contributed by atoms with E-state index in [9.17, 15) is 19.2 Å². The Kier molecular flexibility index (Phi) is 9.36. The van der Waals surface area contributed by atoms with Crippen molar-refractivity contribution in [3.05, 3.63) is 83.4 Å². The number of amides is 5. The van der Waals surface area contributed by atoms with Crippen molar-refractivity contribution in [3.63, 3.8) is 0 Å². The summed E-state index contributed by atoms with van der Waals surface area (Å²) in [4.78, 5) is 51.7. The Morgan fingerprint density at radius 3 is 2.41 bits per heavy atom. The van der Waals surface area contributed by atoms with E-state index in [1.807, 2.05) is 39.0 Å². The molecular weight excluding hydrogens is 526 g/mol. The average molecular weight is 558 g/mol. The first-order valence-corrected chi connectivity index (χ1v) is 13.2. The van der Waals surface area contributed by atoms with E-state index in [0.717, 1.165) is 16.9 Å². The molecule has 1 saturated heterocycles. The molecule has 0 unspecified atom stereocenters. The fourth-order valence-corrected chi connectivity index (χ4v) is 4.02. The van der Waals surface area contributed by atoms with E-state index in [-0.39, 0.29) is 23.8 Å². The summed E-state index contributed by atoms with van der Waals surface area (Å²) in [5, 5.41) is 4.98. The molecule has 3 aromatic carbocycles. The highest BCUT2D eigenvalue weighted by atomic mass is 16.5. The second kappa shape index (κ2) is 13.3. The molecule has 0 aromatic heterocycles. The molecular formula is C31H31N3O7. The summed E-state index contributed by atoms with van der Waals surface area (Å²) in [5.41, 5.74) is 2.23. The van der Waals surface area contributed by atoms with Crippen molar-refractivity contribution in [2.75, 3.05) is 30.0 Å². The second-order valence-corrected chi connectivity index (χ2v) is 9.15. The standard InChI is InChI=1S/C31H31N3O7/c1-4-15-40-26-14-11-23(18-27(26)39-5-2)34-30(37)25(29(36)33-31(34)38)17-21-9-12-24(13-10-21)41-19-28(35)32-22-8-6-7-20(3)16-22/h6-14,16-18H,4-5,15,19H2,1-3H3,(H,32,35)(H,33,36,38)/b25-17+. The molecule has 0 aliphatic carbocycles. The number of ether oxygens (including phenoxy) is 3. The van der Waals surface area contributed by atoms with Gasteiger partial charge in [0, 0.05) is 11.8 Å². The first kappa shape index (κ1) is 28.9. The molecule has 10 nitrogen and oxygen atoms in total. The minimum Gasteiger partial charge on any atom is -0.490 e. The molecule has 0 atom stereocenters. The number of aryl methyl sites for hydroxylation is 1. The van der Waals surface area contributed by atoms with Gasteiger partial charge >= 0.3 is 6.03 Å². The van der Waals surface area contributed by atoms with Gasteiger partial charge in [0.1, 0.15) is 11.3 Å². The largest absolute Gasteiger partial charge is 0.490 e. The fraction of sp³-hybridized carbons (Fsp3) is 0.226. The maximum Gasteiger partial charge on any atom is 0.335 e. The SMILES string of the molecule is CCCOc1ccc(N2C(=O)NC(=O)/C(=C\c3ccc(OCC(=O)Nc4cccc(C)c4)cc3)C2=O)cc1OCC. The lowest BCUT2D eigenvalue weighted by Gasteiger charge is -2.27. The van der Waals surface area contributed by atoms with Gasteiger partial charge in [0.25, 0.3) is 17.7 Å². The molecule has 3 aromatic rings. The monoisotopic (exact) mass is 557 g/mol. The average Bonchev–Trinajstić information content (AvgIpc) is 2.94. The molecule has 1 aliphatic rings. The summed E-state index contributed by atoms with van der Waals surface area (Å²) in [6.45, 7) is 6.36. The number of hydrogen-bond acceptors (Lipinski definition) is 7. The van der Waals surface area contributed by atoms with Crippen LogP contribution in [0.2, 0.25) is 0 Å². The summed E-state index contributed by atoms with van der Waals surface area (Å²) < 4.78 is 16.9. The Morgan fingerprint density at radius 2 is 1.71 bits per heavy atom. The number of anilines is 2. The van der Waals surface area contributed by atoms with Crippen LogP contribution in [0.5, 0.6) is 17.2 Å². The zero-order valence-corrected chi connectivity index (χ0v) is 23.1. The number of nitrogens with one attached hydrogen (secondary N) is 2. The predicted molar refractivity (Wildman–Crippen MR) is 154 cm³/mol. The molecule has 212 valence electrons. The number of rotatable bonds is 11. The summed E-state index contributed by atoms with van der Waals surface area (Å²) >= 11 is 0. The zero-order chi connectivity index (χ0) is 29.4. The highest BCUT2D eigenvalue weighted by Gasteiger charge is 2.37. The van der Waals surface area contributed by atoms with Gasteiger partial charge in [-0.25, -0.2) is 9.69 Å². The van der Waals surface area contributed by atoms with Gasteiger partial charge in [-0.3, -0.25) is 19.7 Å². The number of carbonyl (C=O) groups excluding carboxylic acids is 4. The summed E-state index contributed by atoms with van der Waals surface area (Å²) in [5.74, 6) is -0.604. The lowest BCUT2D eigenvalue weighted by atomic mass is 10.1. The van der Waals surface area contributed by atoms with Crippen LogP contribution in [0.25, 0.3) is 6.08 Å². The topological polar surface area (TPSA) is 123 Å². The van der Waals surface area contributed by atoms with Gasteiger partial charge in [-0.15, -0.1) is 0 Å². The highest BCUT2D eigenvalue weighted by molar-refractivity contribution is 6.39. The second-order valence-electron chi connectivity index (χ2n) is 9.15. The molecule has 0 saturated carbocycles. The Bertz CT molecular complexity index is 1480. The first-order chi connectivity index (χ1) is 19.8.